The number of esters is 1. The molecular weight excluding hydrogens is 294 g/mol. The number of rotatable bonds is 6. The molecule has 7 heteroatoms. The van der Waals surface area contributed by atoms with E-state index < -0.39 is 18.0 Å². The molecule has 1 rings (SSSR count). The molecule has 110 valence electrons. The molecule has 0 aliphatic carbocycles. The zero-order chi connectivity index (χ0) is 15.3. The van der Waals surface area contributed by atoms with Gasteiger partial charge in [0.1, 0.15) is 16.7 Å². The first-order chi connectivity index (χ1) is 9.36. The lowest BCUT2D eigenvalue weighted by atomic mass is 10.1. The number of carbonyl (C=O) groups excluding carboxylic acids is 2. The van der Waals surface area contributed by atoms with Gasteiger partial charge in [0, 0.05) is 0 Å². The molecule has 0 N–H and O–H groups in total. The van der Waals surface area contributed by atoms with Crippen molar-refractivity contribution in [1.82, 2.24) is 0 Å². The maximum atomic E-state index is 12.4. The van der Waals surface area contributed by atoms with Crippen LogP contribution in [0.2, 0.25) is 0 Å². The van der Waals surface area contributed by atoms with Gasteiger partial charge in [0.15, 0.2) is 5.78 Å². The van der Waals surface area contributed by atoms with E-state index in [0.717, 1.165) is 6.07 Å². The van der Waals surface area contributed by atoms with E-state index in [0.29, 0.717) is 0 Å². The summed E-state index contributed by atoms with van der Waals surface area (Å²) in [7, 11) is 0. The molecule has 0 aliphatic rings. The minimum absolute atomic E-state index is 0.0975. The van der Waals surface area contributed by atoms with Gasteiger partial charge < -0.3 is 9.47 Å². The Morgan fingerprint density at radius 3 is 2.50 bits per heavy atom. The summed E-state index contributed by atoms with van der Waals surface area (Å²) >= 11 is 5.83. The van der Waals surface area contributed by atoms with E-state index in [9.17, 15) is 18.4 Å². The monoisotopic (exact) mass is 306 g/mol. The van der Waals surface area contributed by atoms with Gasteiger partial charge in [-0.15, -0.1) is 11.6 Å². The van der Waals surface area contributed by atoms with E-state index in [-0.39, 0.29) is 29.3 Å². The minimum Gasteiger partial charge on any atom is -0.462 e. The summed E-state index contributed by atoms with van der Waals surface area (Å²) in [6.45, 7) is -0.153. The largest absolute Gasteiger partial charge is 0.462 e. The van der Waals surface area contributed by atoms with Crippen LogP contribution >= 0.6 is 11.6 Å². The van der Waals surface area contributed by atoms with E-state index in [1.807, 2.05) is 0 Å². The van der Waals surface area contributed by atoms with Crippen LogP contribution in [0.4, 0.5) is 8.78 Å². The van der Waals surface area contributed by atoms with Gasteiger partial charge in [0.25, 0.3) is 0 Å². The van der Waals surface area contributed by atoms with Gasteiger partial charge in [0.2, 0.25) is 0 Å². The van der Waals surface area contributed by atoms with Gasteiger partial charge in [-0.05, 0) is 31.5 Å². The van der Waals surface area contributed by atoms with Crippen molar-refractivity contribution in [2.75, 3.05) is 6.61 Å². The highest BCUT2D eigenvalue weighted by Gasteiger charge is 2.21. The lowest BCUT2D eigenvalue weighted by molar-refractivity contribution is -0.116. The first-order valence-electron chi connectivity index (χ1n) is 5.77. The summed E-state index contributed by atoms with van der Waals surface area (Å²) in [5.41, 5.74) is 0.117. The quantitative estimate of drug-likeness (QED) is 0.597. The Labute approximate surface area is 119 Å². The van der Waals surface area contributed by atoms with E-state index in [2.05, 4.69) is 4.74 Å². The summed E-state index contributed by atoms with van der Waals surface area (Å²) in [5.74, 6) is -1.51. The number of hydrogen-bond donors (Lipinski definition) is 0. The maximum Gasteiger partial charge on any atom is 0.387 e. The topological polar surface area (TPSA) is 52.6 Å². The number of Topliss-reactive ketones (excluding diaryl/α,β-unsaturated/α-hetero) is 1. The summed E-state index contributed by atoms with van der Waals surface area (Å²) in [6.07, 6.45) is 0. The molecule has 1 aromatic carbocycles. The van der Waals surface area contributed by atoms with Crippen molar-refractivity contribution in [3.63, 3.8) is 0 Å². The smallest absolute Gasteiger partial charge is 0.387 e. The third-order valence-electron chi connectivity index (χ3n) is 2.37. The van der Waals surface area contributed by atoms with E-state index in [1.165, 1.54) is 19.1 Å². The second-order valence-corrected chi connectivity index (χ2v) is 4.26. The highest BCUT2D eigenvalue weighted by molar-refractivity contribution is 6.30. The van der Waals surface area contributed by atoms with Crippen molar-refractivity contribution in [2.45, 2.75) is 25.8 Å². The SMILES string of the molecule is CCOC(=O)c1ccc(C(Cl)C(C)=O)cc1OC(F)F. The number of carbonyl (C=O) groups is 2. The third-order valence-corrected chi connectivity index (χ3v) is 2.93. The molecule has 0 aromatic heterocycles. The van der Waals surface area contributed by atoms with Crippen molar-refractivity contribution in [3.8, 4) is 5.75 Å². The maximum absolute atomic E-state index is 12.4. The molecule has 0 bridgehead atoms. The fourth-order valence-corrected chi connectivity index (χ4v) is 1.64. The van der Waals surface area contributed by atoms with Crippen molar-refractivity contribution in [2.24, 2.45) is 0 Å². The van der Waals surface area contributed by atoms with Gasteiger partial charge in [0.05, 0.1) is 6.61 Å². The van der Waals surface area contributed by atoms with E-state index in [4.69, 9.17) is 16.3 Å². The van der Waals surface area contributed by atoms with Gasteiger partial charge in [-0.1, -0.05) is 6.07 Å². The molecule has 0 aliphatic heterocycles. The minimum atomic E-state index is -3.11. The van der Waals surface area contributed by atoms with Gasteiger partial charge in [-0.2, -0.15) is 8.78 Å². The third kappa shape index (κ3) is 4.16. The summed E-state index contributed by atoms with van der Waals surface area (Å²) in [5, 5.41) is -0.994. The van der Waals surface area contributed by atoms with E-state index in [1.54, 1.807) is 6.92 Å². The number of ketones is 1. The van der Waals surface area contributed by atoms with Gasteiger partial charge in [-0.3, -0.25) is 4.79 Å². The second kappa shape index (κ2) is 7.19. The molecule has 0 heterocycles. The Balaban J connectivity index is 3.19. The molecule has 20 heavy (non-hydrogen) atoms. The number of alkyl halides is 3. The van der Waals surface area contributed by atoms with Crippen LogP contribution in [0, 0.1) is 0 Å². The van der Waals surface area contributed by atoms with Gasteiger partial charge in [-0.25, -0.2) is 4.79 Å². The lowest BCUT2D eigenvalue weighted by Crippen LogP contribution is -2.12. The number of halogens is 3. The van der Waals surface area contributed by atoms with Crippen molar-refractivity contribution < 1.29 is 27.8 Å². The van der Waals surface area contributed by atoms with E-state index >= 15 is 0 Å². The first kappa shape index (κ1) is 16.4. The normalized spacial score (nSPS) is 12.1. The Kier molecular flexibility index (Phi) is 5.88. The predicted octanol–water partition coefficient (Wildman–Crippen LogP) is 3.33. The molecular formula is C13H13ClF2O4. The lowest BCUT2D eigenvalue weighted by Gasteiger charge is -2.13. The number of benzene rings is 1. The van der Waals surface area contributed by atoms with Gasteiger partial charge >= 0.3 is 12.6 Å². The average Bonchev–Trinajstić information content (AvgIpc) is 2.37. The Bertz CT molecular complexity index is 505. The molecule has 4 nitrogen and oxygen atoms in total. The highest BCUT2D eigenvalue weighted by Crippen LogP contribution is 2.29. The fourth-order valence-electron chi connectivity index (χ4n) is 1.50. The van der Waals surface area contributed by atoms with Crippen LogP contribution in [-0.4, -0.2) is 25.0 Å². The summed E-state index contributed by atoms with van der Waals surface area (Å²) in [4.78, 5) is 22.8. The molecule has 0 saturated heterocycles. The molecule has 0 fully saturated rings. The van der Waals surface area contributed by atoms with Crippen molar-refractivity contribution in [1.29, 1.82) is 0 Å². The highest BCUT2D eigenvalue weighted by atomic mass is 35.5. The van der Waals surface area contributed by atoms with Crippen LogP contribution in [-0.2, 0) is 9.53 Å². The fraction of sp³-hybridized carbons (Fsp3) is 0.385. The zero-order valence-electron chi connectivity index (χ0n) is 10.9. The Morgan fingerprint density at radius 1 is 1.35 bits per heavy atom. The number of ether oxygens (including phenoxy) is 2. The van der Waals surface area contributed by atoms with Crippen molar-refractivity contribution >= 4 is 23.4 Å². The molecule has 0 saturated carbocycles. The molecule has 1 unspecified atom stereocenters. The van der Waals surface area contributed by atoms with Crippen LogP contribution in [0.3, 0.4) is 0 Å². The van der Waals surface area contributed by atoms with Crippen LogP contribution < -0.4 is 4.74 Å². The average molecular weight is 307 g/mol. The van der Waals surface area contributed by atoms with Crippen molar-refractivity contribution in [3.05, 3.63) is 29.3 Å². The Morgan fingerprint density at radius 2 is 2.00 bits per heavy atom. The van der Waals surface area contributed by atoms with Crippen LogP contribution in [0.1, 0.15) is 35.1 Å². The molecule has 1 atom stereocenters. The number of hydrogen-bond acceptors (Lipinski definition) is 4. The van der Waals surface area contributed by atoms with Crippen LogP contribution in [0.15, 0.2) is 18.2 Å². The predicted molar refractivity (Wildman–Crippen MR) is 68.3 cm³/mol. The zero-order valence-corrected chi connectivity index (χ0v) is 11.6. The molecule has 0 spiro atoms. The second-order valence-electron chi connectivity index (χ2n) is 3.83. The molecule has 1 aromatic rings. The summed E-state index contributed by atoms with van der Waals surface area (Å²) in [6, 6.07) is 3.77. The first-order valence-corrected chi connectivity index (χ1v) is 6.20. The molecule has 0 amide bonds. The van der Waals surface area contributed by atoms with Crippen LogP contribution in [0.25, 0.3) is 0 Å². The molecule has 0 radical (unpaired) electrons. The standard InChI is InChI=1S/C13H13ClF2O4/c1-3-19-12(18)9-5-4-8(11(14)7(2)17)6-10(9)20-13(15)16/h4-6,11,13H,3H2,1-2H3. The Hall–Kier alpha value is -1.69. The summed E-state index contributed by atoms with van der Waals surface area (Å²) < 4.78 is 33.7. The van der Waals surface area contributed by atoms with Crippen LogP contribution in [0.5, 0.6) is 5.75 Å².